The Labute approximate surface area is 137 Å². The van der Waals surface area contributed by atoms with Gasteiger partial charge in [0.15, 0.2) is 0 Å². The number of methoxy groups -OCH3 is 1. The van der Waals surface area contributed by atoms with Crippen molar-refractivity contribution < 1.29 is 4.74 Å². The van der Waals surface area contributed by atoms with Gasteiger partial charge in [-0.05, 0) is 49.7 Å². The molecule has 3 heteroatoms. The molecule has 2 aromatic carbocycles. The van der Waals surface area contributed by atoms with E-state index < -0.39 is 0 Å². The van der Waals surface area contributed by atoms with Crippen LogP contribution in [0.2, 0.25) is 0 Å². The van der Waals surface area contributed by atoms with Crippen molar-refractivity contribution in [1.29, 1.82) is 0 Å². The van der Waals surface area contributed by atoms with Gasteiger partial charge in [-0.3, -0.25) is 4.90 Å². The first-order chi connectivity index (χ1) is 10.7. The molecule has 0 aromatic heterocycles. The summed E-state index contributed by atoms with van der Waals surface area (Å²) in [6.45, 7) is 0. The lowest BCUT2D eigenvalue weighted by molar-refractivity contribution is 0.352. The molecule has 0 aliphatic rings. The van der Waals surface area contributed by atoms with Crippen LogP contribution in [0, 0.1) is 0 Å². The lowest BCUT2D eigenvalue weighted by Crippen LogP contribution is -2.18. The number of likely N-dealkylation sites (N-methyl/N-ethyl adjacent to an activating group) is 1. The van der Waals surface area contributed by atoms with Crippen LogP contribution in [0.5, 0.6) is 5.75 Å². The van der Waals surface area contributed by atoms with Crippen LogP contribution in [0.15, 0.2) is 60.7 Å². The number of ether oxygens (including phenoxy) is 1. The Hall–Kier alpha value is -1.71. The second-order valence-corrected chi connectivity index (χ2v) is 6.13. The standard InChI is InChI=1S/C19H23NOS/c1-20(2)18(15-8-6-5-7-9-15)14-19(22-4)16-10-12-17(21-3)13-11-16/h5-14,18H,1-4H3/b19-14-. The van der Waals surface area contributed by atoms with Gasteiger partial charge in [-0.1, -0.05) is 42.5 Å². The van der Waals surface area contributed by atoms with Gasteiger partial charge in [0.25, 0.3) is 0 Å². The van der Waals surface area contributed by atoms with Crippen molar-refractivity contribution in [2.24, 2.45) is 0 Å². The molecule has 0 bridgehead atoms. The molecule has 0 aliphatic carbocycles. The van der Waals surface area contributed by atoms with Gasteiger partial charge in [-0.2, -0.15) is 0 Å². The summed E-state index contributed by atoms with van der Waals surface area (Å²) in [6.07, 6.45) is 4.44. The molecule has 0 radical (unpaired) electrons. The molecule has 0 amide bonds. The van der Waals surface area contributed by atoms with E-state index in [2.05, 4.69) is 73.8 Å². The van der Waals surface area contributed by atoms with Crippen molar-refractivity contribution >= 4 is 16.7 Å². The Kier molecular flexibility index (Phi) is 6.10. The third-order valence-corrected chi connectivity index (χ3v) is 4.41. The summed E-state index contributed by atoms with van der Waals surface area (Å²) in [5.41, 5.74) is 2.52. The predicted octanol–water partition coefficient (Wildman–Crippen LogP) is 4.70. The van der Waals surface area contributed by atoms with Crippen LogP contribution < -0.4 is 4.74 Å². The SMILES string of the molecule is COc1ccc(/C(=C/C(c2ccccc2)N(C)C)SC)cc1. The topological polar surface area (TPSA) is 12.5 Å². The zero-order chi connectivity index (χ0) is 15.9. The number of rotatable bonds is 6. The molecule has 0 heterocycles. The van der Waals surface area contributed by atoms with Crippen LogP contribution in [0.4, 0.5) is 0 Å². The van der Waals surface area contributed by atoms with Gasteiger partial charge in [-0.15, -0.1) is 11.8 Å². The minimum Gasteiger partial charge on any atom is -0.497 e. The number of nitrogens with zero attached hydrogens (tertiary/aromatic N) is 1. The van der Waals surface area contributed by atoms with E-state index in [4.69, 9.17) is 4.74 Å². The zero-order valence-electron chi connectivity index (χ0n) is 13.6. The van der Waals surface area contributed by atoms with Crippen molar-refractivity contribution in [3.05, 3.63) is 71.8 Å². The average molecular weight is 313 g/mol. The van der Waals surface area contributed by atoms with Crippen molar-refractivity contribution in [2.75, 3.05) is 27.5 Å². The van der Waals surface area contributed by atoms with E-state index in [0.29, 0.717) is 0 Å². The molecule has 0 saturated heterocycles. The Morgan fingerprint density at radius 1 is 1.05 bits per heavy atom. The summed E-state index contributed by atoms with van der Waals surface area (Å²) < 4.78 is 5.24. The third kappa shape index (κ3) is 4.15. The van der Waals surface area contributed by atoms with Crippen molar-refractivity contribution in [2.45, 2.75) is 6.04 Å². The summed E-state index contributed by atoms with van der Waals surface area (Å²) in [5, 5.41) is 0. The fourth-order valence-corrected chi connectivity index (χ4v) is 3.01. The number of thioether (sulfide) groups is 1. The zero-order valence-corrected chi connectivity index (χ0v) is 14.4. The largest absolute Gasteiger partial charge is 0.497 e. The first-order valence-corrected chi connectivity index (χ1v) is 8.49. The predicted molar refractivity (Wildman–Crippen MR) is 97.4 cm³/mol. The Balaban J connectivity index is 2.35. The van der Waals surface area contributed by atoms with Gasteiger partial charge >= 0.3 is 0 Å². The molecule has 0 aliphatic heterocycles. The molecule has 1 atom stereocenters. The van der Waals surface area contributed by atoms with Crippen LogP contribution in [-0.2, 0) is 0 Å². The highest BCUT2D eigenvalue weighted by Gasteiger charge is 2.13. The van der Waals surface area contributed by atoms with E-state index in [1.54, 1.807) is 18.9 Å². The molecule has 2 nitrogen and oxygen atoms in total. The number of benzene rings is 2. The molecule has 22 heavy (non-hydrogen) atoms. The summed E-state index contributed by atoms with van der Waals surface area (Å²) in [5.74, 6) is 0.886. The molecule has 0 saturated carbocycles. The van der Waals surface area contributed by atoms with Crippen LogP contribution in [0.25, 0.3) is 4.91 Å². The fraction of sp³-hybridized carbons (Fsp3) is 0.263. The van der Waals surface area contributed by atoms with Crippen LogP contribution >= 0.6 is 11.8 Å². The molecule has 116 valence electrons. The van der Waals surface area contributed by atoms with E-state index in [-0.39, 0.29) is 6.04 Å². The molecule has 2 aromatic rings. The number of hydrogen-bond acceptors (Lipinski definition) is 3. The van der Waals surface area contributed by atoms with Crippen LogP contribution in [0.1, 0.15) is 17.2 Å². The summed E-state index contributed by atoms with van der Waals surface area (Å²) in [6, 6.07) is 19.1. The van der Waals surface area contributed by atoms with E-state index >= 15 is 0 Å². The minimum atomic E-state index is 0.255. The first-order valence-electron chi connectivity index (χ1n) is 7.27. The maximum Gasteiger partial charge on any atom is 0.118 e. The molecule has 0 N–H and O–H groups in total. The monoisotopic (exact) mass is 313 g/mol. The molecule has 1 unspecified atom stereocenters. The van der Waals surface area contributed by atoms with E-state index in [9.17, 15) is 0 Å². The first kappa shape index (κ1) is 16.7. The summed E-state index contributed by atoms with van der Waals surface area (Å²) in [7, 11) is 5.91. The van der Waals surface area contributed by atoms with Gasteiger partial charge in [0.2, 0.25) is 0 Å². The van der Waals surface area contributed by atoms with Crippen LogP contribution in [0.3, 0.4) is 0 Å². The maximum absolute atomic E-state index is 5.24. The lowest BCUT2D eigenvalue weighted by Gasteiger charge is -2.23. The summed E-state index contributed by atoms with van der Waals surface area (Å²) in [4.78, 5) is 3.50. The summed E-state index contributed by atoms with van der Waals surface area (Å²) >= 11 is 1.77. The number of hydrogen-bond donors (Lipinski definition) is 0. The Morgan fingerprint density at radius 2 is 1.68 bits per heavy atom. The average Bonchev–Trinajstić information content (AvgIpc) is 2.56. The minimum absolute atomic E-state index is 0.255. The van der Waals surface area contributed by atoms with Gasteiger partial charge in [0.1, 0.15) is 5.75 Å². The van der Waals surface area contributed by atoms with E-state index in [0.717, 1.165) is 5.75 Å². The molecule has 0 spiro atoms. The molecular formula is C19H23NOS. The molecular weight excluding hydrogens is 290 g/mol. The van der Waals surface area contributed by atoms with Gasteiger partial charge in [-0.25, -0.2) is 0 Å². The van der Waals surface area contributed by atoms with Crippen molar-refractivity contribution in [3.8, 4) is 5.75 Å². The maximum atomic E-state index is 5.24. The second kappa shape index (κ2) is 8.06. The second-order valence-electron chi connectivity index (χ2n) is 5.28. The Bertz CT molecular complexity index is 605. The van der Waals surface area contributed by atoms with E-state index in [1.807, 2.05) is 12.1 Å². The smallest absolute Gasteiger partial charge is 0.118 e. The van der Waals surface area contributed by atoms with Gasteiger partial charge in [0.05, 0.1) is 13.2 Å². The van der Waals surface area contributed by atoms with Crippen molar-refractivity contribution in [3.63, 3.8) is 0 Å². The van der Waals surface area contributed by atoms with Crippen LogP contribution in [-0.4, -0.2) is 32.4 Å². The highest BCUT2D eigenvalue weighted by atomic mass is 32.2. The van der Waals surface area contributed by atoms with E-state index in [1.165, 1.54) is 16.0 Å². The lowest BCUT2D eigenvalue weighted by atomic mass is 10.0. The molecule has 2 rings (SSSR count). The highest BCUT2D eigenvalue weighted by molar-refractivity contribution is 8.07. The molecule has 0 fully saturated rings. The van der Waals surface area contributed by atoms with Crippen molar-refractivity contribution in [1.82, 2.24) is 4.90 Å². The van der Waals surface area contributed by atoms with Gasteiger partial charge < -0.3 is 4.74 Å². The fourth-order valence-electron chi connectivity index (χ4n) is 2.37. The third-order valence-electron chi connectivity index (χ3n) is 3.60. The highest BCUT2D eigenvalue weighted by Crippen LogP contribution is 2.31. The van der Waals surface area contributed by atoms with Gasteiger partial charge in [0, 0.05) is 4.91 Å². The normalized spacial score (nSPS) is 13.2. The Morgan fingerprint density at radius 3 is 2.18 bits per heavy atom. The quantitative estimate of drug-likeness (QED) is 0.767.